The molecule has 0 rings (SSSR count). The average Bonchev–Trinajstić information content (AvgIpc) is 3.14. The number of Topliss-reactive ketones (excluding diaryl/α,β-unsaturated/α-hetero) is 1. The first-order chi connectivity index (χ1) is 26.1. The summed E-state index contributed by atoms with van der Waals surface area (Å²) < 4.78 is 32.8. The molecule has 0 aromatic heterocycles. The van der Waals surface area contributed by atoms with Crippen LogP contribution in [0.25, 0.3) is 0 Å². The minimum absolute atomic E-state index is 0. The van der Waals surface area contributed by atoms with Crippen LogP contribution in [0.3, 0.4) is 0 Å². The Hall–Kier alpha value is -0.840. The molecule has 0 saturated carbocycles. The maximum Gasteiger partial charge on any atom is 1.00 e. The van der Waals surface area contributed by atoms with E-state index < -0.39 is 45.1 Å². The Morgan fingerprint density at radius 3 is 1.35 bits per heavy atom. The van der Waals surface area contributed by atoms with Gasteiger partial charge < -0.3 is 29.1 Å². The number of unbranched alkanes of at least 4 members (excludes halogenated alkanes) is 22. The molecule has 55 heavy (non-hydrogen) atoms. The third-order valence-electron chi connectivity index (χ3n) is 9.44. The van der Waals surface area contributed by atoms with Crippen LogP contribution in [-0.2, 0) is 37.5 Å². The predicted octanol–water partition coefficient (Wildman–Crippen LogP) is 7.22. The minimum atomic E-state index is -4.81. The molecule has 10 nitrogen and oxygen atoms in total. The van der Waals surface area contributed by atoms with Crippen molar-refractivity contribution in [1.29, 1.82) is 0 Å². The molecule has 0 fully saturated rings. The van der Waals surface area contributed by atoms with Gasteiger partial charge in [-0.15, -0.1) is 0 Å². The van der Waals surface area contributed by atoms with Crippen LogP contribution in [0.2, 0.25) is 0 Å². The van der Waals surface area contributed by atoms with Gasteiger partial charge in [-0.3, -0.25) is 18.9 Å². The topological polar surface area (TPSA) is 156 Å². The fourth-order valence-electron chi connectivity index (χ4n) is 5.81. The van der Waals surface area contributed by atoms with Gasteiger partial charge in [0.05, 0.1) is 6.61 Å². The molecular weight excluding hydrogens is 728 g/mol. The summed E-state index contributed by atoms with van der Waals surface area (Å²) in [6.07, 6.45) is 38.4. The number of esters is 2. The van der Waals surface area contributed by atoms with Crippen molar-refractivity contribution < 1.29 is 77.7 Å². The predicted molar refractivity (Wildman–Crippen MR) is 217 cm³/mol. The first-order valence-corrected chi connectivity index (χ1v) is 23.2. The molecule has 3 N–H and O–H groups in total. The number of hydrogen-bond donors (Lipinski definition) is 1. The molecule has 0 aliphatic heterocycles. The van der Waals surface area contributed by atoms with Gasteiger partial charge in [0.1, 0.15) is 13.2 Å². The van der Waals surface area contributed by atoms with Gasteiger partial charge >= 0.3 is 41.5 Å². The SMILES string of the molecule is CCCCCCCC/C=C\CCCCCCCC(=O)OC[C@H](COP(=O)([O-])OC[C@H]([NH3+])C(C)=O)OC(=O)CCCCCCC/C=C\CCCCCCCC.[Na+]. The number of phosphoric ester groups is 1. The van der Waals surface area contributed by atoms with E-state index in [2.05, 4.69) is 43.9 Å². The van der Waals surface area contributed by atoms with Crippen molar-refractivity contribution in [3.05, 3.63) is 24.3 Å². The molecule has 0 aliphatic carbocycles. The van der Waals surface area contributed by atoms with Crippen LogP contribution in [0.1, 0.15) is 201 Å². The summed E-state index contributed by atoms with van der Waals surface area (Å²) in [5.74, 6) is -1.27. The molecule has 0 heterocycles. The van der Waals surface area contributed by atoms with E-state index in [1.54, 1.807) is 0 Å². The van der Waals surface area contributed by atoms with E-state index in [1.165, 1.54) is 90.4 Å². The maximum atomic E-state index is 12.6. The van der Waals surface area contributed by atoms with Gasteiger partial charge in [0.15, 0.2) is 17.9 Å². The quantitative estimate of drug-likeness (QED) is 0.0222. The number of ketones is 1. The van der Waals surface area contributed by atoms with Crippen LogP contribution in [0.5, 0.6) is 0 Å². The fraction of sp³-hybridized carbons (Fsp3) is 0.837. The van der Waals surface area contributed by atoms with E-state index in [-0.39, 0.29) is 54.8 Å². The second-order valence-corrected chi connectivity index (χ2v) is 16.2. The van der Waals surface area contributed by atoms with Crippen molar-refractivity contribution in [2.45, 2.75) is 213 Å². The number of allylic oxidation sites excluding steroid dienone is 4. The fourth-order valence-corrected chi connectivity index (χ4v) is 6.60. The molecule has 316 valence electrons. The number of quaternary nitrogens is 1. The summed E-state index contributed by atoms with van der Waals surface area (Å²) in [6.45, 7) is 4.42. The van der Waals surface area contributed by atoms with Gasteiger partial charge in [0, 0.05) is 19.8 Å². The number of carbonyl (C=O) groups excluding carboxylic acids is 3. The van der Waals surface area contributed by atoms with Crippen LogP contribution in [-0.4, -0.2) is 49.7 Å². The van der Waals surface area contributed by atoms with Gasteiger partial charge in [0.2, 0.25) is 0 Å². The van der Waals surface area contributed by atoms with Crippen molar-refractivity contribution >= 4 is 25.5 Å². The zero-order valence-corrected chi connectivity index (χ0v) is 38.6. The molecule has 0 aromatic carbocycles. The van der Waals surface area contributed by atoms with Crippen LogP contribution >= 0.6 is 7.82 Å². The maximum absolute atomic E-state index is 12.6. The molecule has 0 saturated heterocycles. The molecule has 0 amide bonds. The van der Waals surface area contributed by atoms with Gasteiger partial charge in [-0.25, -0.2) is 0 Å². The first kappa shape index (κ1) is 56.3. The van der Waals surface area contributed by atoms with E-state index in [4.69, 9.17) is 18.5 Å². The third kappa shape index (κ3) is 41.1. The summed E-state index contributed by atoms with van der Waals surface area (Å²) >= 11 is 0. The third-order valence-corrected chi connectivity index (χ3v) is 10.4. The molecule has 0 spiro atoms. The average molecular weight is 809 g/mol. The normalized spacial score (nSPS) is 13.8. The van der Waals surface area contributed by atoms with Crippen molar-refractivity contribution in [1.82, 2.24) is 0 Å². The molecule has 3 atom stereocenters. The molecule has 0 aliphatic rings. The summed E-state index contributed by atoms with van der Waals surface area (Å²) in [7, 11) is -4.81. The van der Waals surface area contributed by atoms with Crippen molar-refractivity contribution in [3.8, 4) is 0 Å². The Balaban J connectivity index is 0. The van der Waals surface area contributed by atoms with Gasteiger partial charge in [0.25, 0.3) is 7.82 Å². The molecule has 12 heteroatoms. The first-order valence-electron chi connectivity index (χ1n) is 21.7. The van der Waals surface area contributed by atoms with E-state index in [1.807, 2.05) is 0 Å². The Morgan fingerprint density at radius 2 is 0.927 bits per heavy atom. The number of ether oxygens (including phenoxy) is 2. The number of hydrogen-bond acceptors (Lipinski definition) is 9. The molecule has 0 radical (unpaired) electrons. The second kappa shape index (κ2) is 41.3. The Labute approximate surface area is 358 Å². The van der Waals surface area contributed by atoms with Crippen LogP contribution in [0.4, 0.5) is 0 Å². The zero-order chi connectivity index (χ0) is 40.0. The minimum Gasteiger partial charge on any atom is -0.756 e. The van der Waals surface area contributed by atoms with E-state index in [0.717, 1.165) is 70.6 Å². The van der Waals surface area contributed by atoms with E-state index in [9.17, 15) is 23.8 Å². The summed E-state index contributed by atoms with van der Waals surface area (Å²) in [6, 6.07) is -0.867. The zero-order valence-electron chi connectivity index (χ0n) is 35.7. The Bertz CT molecular complexity index is 1030. The van der Waals surface area contributed by atoms with Gasteiger partial charge in [-0.05, 0) is 64.2 Å². The van der Waals surface area contributed by atoms with Crippen molar-refractivity contribution in [3.63, 3.8) is 0 Å². The van der Waals surface area contributed by atoms with Crippen molar-refractivity contribution in [2.24, 2.45) is 0 Å². The van der Waals surface area contributed by atoms with Crippen molar-refractivity contribution in [2.75, 3.05) is 19.8 Å². The number of phosphoric acid groups is 1. The molecule has 1 unspecified atom stereocenters. The van der Waals surface area contributed by atoms with Crippen LogP contribution in [0, 0.1) is 0 Å². The summed E-state index contributed by atoms with van der Waals surface area (Å²) in [5.41, 5.74) is 3.55. The van der Waals surface area contributed by atoms with Gasteiger partial charge in [-0.1, -0.05) is 141 Å². The molecule has 0 bridgehead atoms. The summed E-state index contributed by atoms with van der Waals surface area (Å²) in [4.78, 5) is 48.7. The van der Waals surface area contributed by atoms with E-state index >= 15 is 0 Å². The largest absolute Gasteiger partial charge is 1.00 e. The van der Waals surface area contributed by atoms with Crippen LogP contribution in [0.15, 0.2) is 24.3 Å². The standard InChI is InChI=1S/C43H80NO9P.Na/c1-4-6-8-10-12-14-16-18-20-22-24-26-28-30-32-34-42(46)50-36-40(37-51-54(48,49)52-38-41(44)39(3)45)53-43(47)35-33-31-29-27-25-23-21-19-17-15-13-11-9-7-5-2;/h18-21,40-41H,4-17,22-38,44H2,1-3H3,(H,48,49);/q;+1/b20-18-,21-19-;/t40-,41+;/m1./s1. The molecule has 0 aromatic rings. The number of rotatable bonds is 40. The van der Waals surface area contributed by atoms with Crippen LogP contribution < -0.4 is 40.2 Å². The molecular formula is C43H80NNaO9P+. The number of carbonyl (C=O) groups is 3. The van der Waals surface area contributed by atoms with Gasteiger partial charge in [-0.2, -0.15) is 0 Å². The smallest absolute Gasteiger partial charge is 0.756 e. The second-order valence-electron chi connectivity index (χ2n) is 14.8. The van der Waals surface area contributed by atoms with E-state index in [0.29, 0.717) is 12.8 Å². The summed E-state index contributed by atoms with van der Waals surface area (Å²) in [5, 5.41) is 0. The monoisotopic (exact) mass is 809 g/mol. The Kier molecular flexibility index (Phi) is 42.3. The Morgan fingerprint density at radius 1 is 0.564 bits per heavy atom.